The van der Waals surface area contributed by atoms with Crippen LogP contribution in [0.15, 0.2) is 30.3 Å². The molecule has 0 aliphatic carbocycles. The monoisotopic (exact) mass is 210 g/mol. The Morgan fingerprint density at radius 1 is 1.43 bits per heavy atom. The van der Waals surface area contributed by atoms with Gasteiger partial charge in [0.1, 0.15) is 5.75 Å². The molecule has 0 N–H and O–H groups in total. The highest BCUT2D eigenvalue weighted by molar-refractivity contribution is 6.19. The van der Waals surface area contributed by atoms with E-state index in [2.05, 4.69) is 0 Å². The molecule has 0 spiro atoms. The van der Waals surface area contributed by atoms with Crippen molar-refractivity contribution in [1.29, 1.82) is 0 Å². The summed E-state index contributed by atoms with van der Waals surface area (Å²) < 4.78 is 4.88. The van der Waals surface area contributed by atoms with E-state index in [1.807, 2.05) is 24.3 Å². The first kappa shape index (κ1) is 10.8. The van der Waals surface area contributed by atoms with Crippen molar-refractivity contribution in [2.75, 3.05) is 5.88 Å². The zero-order valence-electron chi connectivity index (χ0n) is 7.87. The smallest absolute Gasteiger partial charge is 0.308 e. The molecule has 0 amide bonds. The van der Waals surface area contributed by atoms with Gasteiger partial charge < -0.3 is 4.74 Å². The van der Waals surface area contributed by atoms with E-state index in [4.69, 9.17) is 16.3 Å². The molecule has 3 heteroatoms. The highest BCUT2D eigenvalue weighted by Crippen LogP contribution is 2.13. The quantitative estimate of drug-likeness (QED) is 0.436. The van der Waals surface area contributed by atoms with Crippen molar-refractivity contribution in [2.24, 2.45) is 0 Å². The lowest BCUT2D eigenvalue weighted by atomic mass is 10.2. The van der Waals surface area contributed by atoms with Crippen LogP contribution < -0.4 is 4.74 Å². The largest absolute Gasteiger partial charge is 0.427 e. The molecule has 1 aromatic rings. The third-order valence-electron chi connectivity index (χ3n) is 1.54. The van der Waals surface area contributed by atoms with Gasteiger partial charge in [-0.25, -0.2) is 0 Å². The van der Waals surface area contributed by atoms with Gasteiger partial charge >= 0.3 is 5.97 Å². The molecule has 14 heavy (non-hydrogen) atoms. The summed E-state index contributed by atoms with van der Waals surface area (Å²) in [5.41, 5.74) is 1.03. The van der Waals surface area contributed by atoms with Crippen LogP contribution in [0.3, 0.4) is 0 Å². The Morgan fingerprint density at radius 3 is 2.57 bits per heavy atom. The Balaban J connectivity index is 2.68. The first-order valence-electron chi connectivity index (χ1n) is 4.23. The molecule has 1 rings (SSSR count). The average Bonchev–Trinajstić information content (AvgIpc) is 2.16. The molecular formula is C11H11ClO2. The van der Waals surface area contributed by atoms with Gasteiger partial charge in [-0.15, -0.1) is 11.6 Å². The third-order valence-corrected chi connectivity index (χ3v) is 1.72. The molecule has 0 radical (unpaired) electrons. The standard InChI is InChI=1S/C11H11ClO2/c1-9(13)14-11-6-4-10(5-7-11)3-2-8-12/h2-7H,8H2,1H3/b3-2+. The summed E-state index contributed by atoms with van der Waals surface area (Å²) in [5.74, 6) is 0.737. The first-order chi connectivity index (χ1) is 6.72. The van der Waals surface area contributed by atoms with E-state index < -0.39 is 0 Å². The van der Waals surface area contributed by atoms with Gasteiger partial charge in [0.05, 0.1) is 0 Å². The minimum atomic E-state index is -0.311. The molecule has 0 saturated heterocycles. The van der Waals surface area contributed by atoms with Crippen LogP contribution in [0.4, 0.5) is 0 Å². The van der Waals surface area contributed by atoms with E-state index in [1.165, 1.54) is 6.92 Å². The second kappa shape index (κ2) is 5.45. The predicted molar refractivity (Wildman–Crippen MR) is 57.5 cm³/mol. The SMILES string of the molecule is CC(=O)Oc1ccc(/C=C/CCl)cc1. The van der Waals surface area contributed by atoms with E-state index in [0.29, 0.717) is 11.6 Å². The van der Waals surface area contributed by atoms with E-state index in [-0.39, 0.29) is 5.97 Å². The maximum absolute atomic E-state index is 10.6. The van der Waals surface area contributed by atoms with Crippen molar-refractivity contribution in [3.8, 4) is 5.75 Å². The number of allylic oxidation sites excluding steroid dienone is 1. The summed E-state index contributed by atoms with van der Waals surface area (Å²) in [4.78, 5) is 10.6. The predicted octanol–water partition coefficient (Wildman–Crippen LogP) is 2.86. The molecule has 0 unspecified atom stereocenters. The van der Waals surface area contributed by atoms with Crippen molar-refractivity contribution in [3.05, 3.63) is 35.9 Å². The maximum Gasteiger partial charge on any atom is 0.308 e. The van der Waals surface area contributed by atoms with E-state index in [1.54, 1.807) is 12.1 Å². The summed E-state index contributed by atoms with van der Waals surface area (Å²) in [5, 5.41) is 0. The lowest BCUT2D eigenvalue weighted by Gasteiger charge is -2.00. The van der Waals surface area contributed by atoms with Crippen molar-refractivity contribution < 1.29 is 9.53 Å². The van der Waals surface area contributed by atoms with Crippen LogP contribution in [0.25, 0.3) is 6.08 Å². The summed E-state index contributed by atoms with van der Waals surface area (Å²) >= 11 is 5.50. The fourth-order valence-corrected chi connectivity index (χ4v) is 1.08. The summed E-state index contributed by atoms with van der Waals surface area (Å²) in [6.07, 6.45) is 3.76. The normalized spacial score (nSPS) is 10.4. The maximum atomic E-state index is 10.6. The highest BCUT2D eigenvalue weighted by Gasteiger charge is 1.96. The number of ether oxygens (including phenoxy) is 1. The van der Waals surface area contributed by atoms with E-state index in [0.717, 1.165) is 5.56 Å². The second-order valence-corrected chi connectivity index (χ2v) is 3.03. The number of benzene rings is 1. The Morgan fingerprint density at radius 2 is 2.07 bits per heavy atom. The molecule has 1 aromatic carbocycles. The number of esters is 1. The second-order valence-electron chi connectivity index (χ2n) is 2.72. The van der Waals surface area contributed by atoms with Crippen LogP contribution in [-0.4, -0.2) is 11.8 Å². The molecule has 0 fully saturated rings. The van der Waals surface area contributed by atoms with Crippen LogP contribution in [0.1, 0.15) is 12.5 Å². The number of carbonyl (C=O) groups excluding carboxylic acids is 1. The molecule has 0 bridgehead atoms. The Hall–Kier alpha value is -1.28. The molecule has 0 saturated carbocycles. The van der Waals surface area contributed by atoms with E-state index >= 15 is 0 Å². The Bertz CT molecular complexity index is 328. The zero-order valence-corrected chi connectivity index (χ0v) is 8.62. The van der Waals surface area contributed by atoms with Gasteiger partial charge in [0, 0.05) is 12.8 Å². The van der Waals surface area contributed by atoms with Gasteiger partial charge in [0.2, 0.25) is 0 Å². The lowest BCUT2D eigenvalue weighted by molar-refractivity contribution is -0.131. The number of hydrogen-bond donors (Lipinski definition) is 0. The van der Waals surface area contributed by atoms with Crippen molar-refractivity contribution in [1.82, 2.24) is 0 Å². The van der Waals surface area contributed by atoms with Crippen molar-refractivity contribution in [3.63, 3.8) is 0 Å². The van der Waals surface area contributed by atoms with Gasteiger partial charge in [-0.2, -0.15) is 0 Å². The van der Waals surface area contributed by atoms with Gasteiger partial charge in [-0.3, -0.25) is 4.79 Å². The fraction of sp³-hybridized carbons (Fsp3) is 0.182. The molecule has 0 atom stereocenters. The minimum Gasteiger partial charge on any atom is -0.427 e. The first-order valence-corrected chi connectivity index (χ1v) is 4.77. The van der Waals surface area contributed by atoms with Crippen molar-refractivity contribution in [2.45, 2.75) is 6.92 Å². The van der Waals surface area contributed by atoms with Gasteiger partial charge in [0.15, 0.2) is 0 Å². The number of carbonyl (C=O) groups is 1. The molecule has 0 heterocycles. The zero-order chi connectivity index (χ0) is 10.4. The number of rotatable bonds is 3. The van der Waals surface area contributed by atoms with Gasteiger partial charge in [-0.05, 0) is 17.7 Å². The Labute approximate surface area is 88.1 Å². The van der Waals surface area contributed by atoms with Crippen molar-refractivity contribution >= 4 is 23.6 Å². The van der Waals surface area contributed by atoms with Crippen LogP contribution >= 0.6 is 11.6 Å². The highest BCUT2D eigenvalue weighted by atomic mass is 35.5. The number of halogens is 1. The molecule has 0 aliphatic rings. The Kier molecular flexibility index (Phi) is 4.20. The summed E-state index contributed by atoms with van der Waals surface area (Å²) in [7, 11) is 0. The summed E-state index contributed by atoms with van der Waals surface area (Å²) in [6, 6.07) is 7.22. The van der Waals surface area contributed by atoms with Gasteiger partial charge in [-0.1, -0.05) is 24.3 Å². The molecule has 2 nitrogen and oxygen atoms in total. The molecule has 0 aromatic heterocycles. The third kappa shape index (κ3) is 3.62. The summed E-state index contributed by atoms with van der Waals surface area (Å²) in [6.45, 7) is 1.38. The molecular weight excluding hydrogens is 200 g/mol. The topological polar surface area (TPSA) is 26.3 Å². The number of alkyl halides is 1. The van der Waals surface area contributed by atoms with Crippen LogP contribution in [-0.2, 0) is 4.79 Å². The molecule has 74 valence electrons. The average molecular weight is 211 g/mol. The minimum absolute atomic E-state index is 0.311. The fourth-order valence-electron chi connectivity index (χ4n) is 0.994. The number of hydrogen-bond acceptors (Lipinski definition) is 2. The van der Waals surface area contributed by atoms with E-state index in [9.17, 15) is 4.79 Å². The van der Waals surface area contributed by atoms with Gasteiger partial charge in [0.25, 0.3) is 0 Å². The van der Waals surface area contributed by atoms with Crippen LogP contribution in [0.2, 0.25) is 0 Å². The van der Waals surface area contributed by atoms with Crippen LogP contribution in [0.5, 0.6) is 5.75 Å². The van der Waals surface area contributed by atoms with Crippen LogP contribution in [0, 0.1) is 0 Å². The molecule has 0 aliphatic heterocycles. The lowest BCUT2D eigenvalue weighted by Crippen LogP contribution is -2.00.